The normalized spacial score (nSPS) is 10.5. The Kier molecular flexibility index (Phi) is 8.06. The van der Waals surface area contributed by atoms with Crippen LogP contribution in [0.5, 0.6) is 11.5 Å². The molecule has 6 nitrogen and oxygen atoms in total. The first-order valence-corrected chi connectivity index (χ1v) is 9.40. The minimum atomic E-state index is -2.93. The lowest BCUT2D eigenvalue weighted by molar-refractivity contribution is -0.114. The Hall–Kier alpha value is -2.81. The van der Waals surface area contributed by atoms with E-state index in [4.69, 9.17) is 4.74 Å². The predicted octanol–water partition coefficient (Wildman–Crippen LogP) is 4.13. The van der Waals surface area contributed by atoms with Crippen molar-refractivity contribution in [3.63, 3.8) is 0 Å². The van der Waals surface area contributed by atoms with E-state index in [2.05, 4.69) is 15.4 Å². The smallest absolute Gasteiger partial charge is 0.387 e. The molecule has 0 fully saturated rings. The van der Waals surface area contributed by atoms with Gasteiger partial charge >= 0.3 is 6.61 Å². The number of rotatable bonds is 9. The van der Waals surface area contributed by atoms with Crippen LogP contribution in [-0.2, 0) is 15.3 Å². The second-order valence-electron chi connectivity index (χ2n) is 5.67. The number of anilines is 2. The van der Waals surface area contributed by atoms with Gasteiger partial charge in [-0.25, -0.2) is 0 Å². The second kappa shape index (κ2) is 10.5. The maximum atomic E-state index is 12.3. The van der Waals surface area contributed by atoms with Crippen molar-refractivity contribution in [3.05, 3.63) is 48.0 Å². The highest BCUT2D eigenvalue weighted by atomic mass is 32.2. The average Bonchev–Trinajstić information content (AvgIpc) is 2.62. The quantitative estimate of drug-likeness (QED) is 0.650. The molecule has 0 saturated carbocycles. The van der Waals surface area contributed by atoms with Crippen LogP contribution in [0.15, 0.2) is 42.5 Å². The maximum Gasteiger partial charge on any atom is 0.387 e. The van der Waals surface area contributed by atoms with E-state index in [1.54, 1.807) is 36.4 Å². The number of nitrogens with one attached hydrogen (secondary N) is 2. The highest BCUT2D eigenvalue weighted by Crippen LogP contribution is 2.30. The third-order valence-corrected chi connectivity index (χ3v) is 4.42. The van der Waals surface area contributed by atoms with Crippen LogP contribution in [0, 0.1) is 0 Å². The standard InChI is InChI=1S/C19H20F2N2O4S/c1-12(24)22-14-4-3-5-15(9-14)23-18(25)11-28-10-13-6-7-16(27-19(20)21)17(8-13)26-2/h3-9,19H,10-11H2,1-2H3,(H,22,24)(H,23,25). The van der Waals surface area contributed by atoms with E-state index in [9.17, 15) is 18.4 Å². The first-order chi connectivity index (χ1) is 13.4. The maximum absolute atomic E-state index is 12.3. The summed E-state index contributed by atoms with van der Waals surface area (Å²) in [6, 6.07) is 11.5. The van der Waals surface area contributed by atoms with E-state index in [-0.39, 0.29) is 29.1 Å². The molecular formula is C19H20F2N2O4S. The SMILES string of the molecule is COc1cc(CSCC(=O)Nc2cccc(NC(C)=O)c2)ccc1OC(F)F. The van der Waals surface area contributed by atoms with Gasteiger partial charge in [0.15, 0.2) is 11.5 Å². The fraction of sp³-hybridized carbons (Fsp3) is 0.263. The van der Waals surface area contributed by atoms with Gasteiger partial charge in [-0.1, -0.05) is 12.1 Å². The van der Waals surface area contributed by atoms with Gasteiger partial charge in [-0.05, 0) is 35.9 Å². The van der Waals surface area contributed by atoms with Crippen LogP contribution < -0.4 is 20.1 Å². The number of hydrogen-bond acceptors (Lipinski definition) is 5. The third kappa shape index (κ3) is 7.07. The van der Waals surface area contributed by atoms with Gasteiger partial charge in [0.1, 0.15) is 0 Å². The summed E-state index contributed by atoms with van der Waals surface area (Å²) in [7, 11) is 1.37. The third-order valence-electron chi connectivity index (χ3n) is 3.41. The van der Waals surface area contributed by atoms with Gasteiger partial charge in [0.05, 0.1) is 12.9 Å². The summed E-state index contributed by atoms with van der Waals surface area (Å²) < 4.78 is 34.1. The highest BCUT2D eigenvalue weighted by molar-refractivity contribution is 7.99. The number of carbonyl (C=O) groups is 2. The number of benzene rings is 2. The van der Waals surface area contributed by atoms with Gasteiger partial charge < -0.3 is 20.1 Å². The zero-order valence-electron chi connectivity index (χ0n) is 15.3. The summed E-state index contributed by atoms with van der Waals surface area (Å²) in [5.74, 6) is 0.460. The molecule has 0 aromatic heterocycles. The minimum Gasteiger partial charge on any atom is -0.493 e. The van der Waals surface area contributed by atoms with Crippen molar-refractivity contribution in [2.24, 2.45) is 0 Å². The van der Waals surface area contributed by atoms with Gasteiger partial charge in [0, 0.05) is 24.1 Å². The number of amides is 2. The van der Waals surface area contributed by atoms with Crippen LogP contribution in [0.3, 0.4) is 0 Å². The first kappa shape index (κ1) is 21.5. The summed E-state index contributed by atoms with van der Waals surface area (Å²) in [4.78, 5) is 23.2. The minimum absolute atomic E-state index is 0.0388. The van der Waals surface area contributed by atoms with E-state index in [0.717, 1.165) is 5.56 Å². The Balaban J connectivity index is 1.86. The van der Waals surface area contributed by atoms with Gasteiger partial charge in [0.25, 0.3) is 0 Å². The Morgan fingerprint density at radius 2 is 1.79 bits per heavy atom. The number of methoxy groups -OCH3 is 1. The molecule has 0 aliphatic heterocycles. The molecule has 2 amide bonds. The second-order valence-corrected chi connectivity index (χ2v) is 6.65. The fourth-order valence-electron chi connectivity index (χ4n) is 2.33. The molecule has 0 saturated heterocycles. The topological polar surface area (TPSA) is 76.7 Å². The number of halogens is 2. The van der Waals surface area contributed by atoms with Crippen molar-refractivity contribution in [3.8, 4) is 11.5 Å². The summed E-state index contributed by atoms with van der Waals surface area (Å²) >= 11 is 1.36. The van der Waals surface area contributed by atoms with Crippen LogP contribution in [0.25, 0.3) is 0 Å². The molecule has 150 valence electrons. The van der Waals surface area contributed by atoms with Crippen LogP contribution in [0.1, 0.15) is 12.5 Å². The number of alkyl halides is 2. The van der Waals surface area contributed by atoms with E-state index >= 15 is 0 Å². The van der Waals surface area contributed by atoms with Crippen LogP contribution >= 0.6 is 11.8 Å². The van der Waals surface area contributed by atoms with Crippen LogP contribution in [0.2, 0.25) is 0 Å². The van der Waals surface area contributed by atoms with E-state index in [1.807, 2.05) is 0 Å². The van der Waals surface area contributed by atoms with Gasteiger partial charge in [-0.15, -0.1) is 11.8 Å². The molecule has 2 rings (SSSR count). The molecule has 0 atom stereocenters. The van der Waals surface area contributed by atoms with Crippen LogP contribution in [-0.4, -0.2) is 31.3 Å². The van der Waals surface area contributed by atoms with Crippen molar-refractivity contribution in [1.29, 1.82) is 0 Å². The molecule has 2 aromatic rings. The molecule has 0 spiro atoms. The molecular weight excluding hydrogens is 390 g/mol. The predicted molar refractivity (Wildman–Crippen MR) is 105 cm³/mol. The lowest BCUT2D eigenvalue weighted by atomic mass is 10.2. The van der Waals surface area contributed by atoms with E-state index in [1.165, 1.54) is 31.9 Å². The van der Waals surface area contributed by atoms with Gasteiger partial charge in [-0.3, -0.25) is 9.59 Å². The molecule has 0 aliphatic carbocycles. The molecule has 9 heteroatoms. The summed E-state index contributed by atoms with van der Waals surface area (Å²) in [6.45, 7) is -1.52. The summed E-state index contributed by atoms with van der Waals surface area (Å²) in [5.41, 5.74) is 1.98. The Labute approximate surface area is 165 Å². The van der Waals surface area contributed by atoms with Crippen molar-refractivity contribution < 1.29 is 27.8 Å². The number of ether oxygens (including phenoxy) is 2. The zero-order valence-corrected chi connectivity index (χ0v) is 16.1. The van der Waals surface area contributed by atoms with E-state index < -0.39 is 6.61 Å². The van der Waals surface area contributed by atoms with Gasteiger partial charge in [-0.2, -0.15) is 8.78 Å². The molecule has 0 heterocycles. The number of thioether (sulfide) groups is 1. The van der Waals surface area contributed by atoms with Crippen molar-refractivity contribution >= 4 is 35.0 Å². The monoisotopic (exact) mass is 410 g/mol. The number of hydrogen-bond donors (Lipinski definition) is 2. The largest absolute Gasteiger partial charge is 0.493 e. The van der Waals surface area contributed by atoms with Crippen molar-refractivity contribution in [2.45, 2.75) is 19.3 Å². The molecule has 0 aliphatic rings. The van der Waals surface area contributed by atoms with Crippen LogP contribution in [0.4, 0.5) is 20.2 Å². The van der Waals surface area contributed by atoms with Crippen molar-refractivity contribution in [1.82, 2.24) is 0 Å². The summed E-state index contributed by atoms with van der Waals surface area (Å²) in [6.07, 6.45) is 0. The molecule has 2 N–H and O–H groups in total. The Morgan fingerprint density at radius 1 is 1.07 bits per heavy atom. The fourth-order valence-corrected chi connectivity index (χ4v) is 3.11. The molecule has 28 heavy (non-hydrogen) atoms. The molecule has 0 unspecified atom stereocenters. The lowest BCUT2D eigenvalue weighted by Gasteiger charge is -2.11. The van der Waals surface area contributed by atoms with Gasteiger partial charge in [0.2, 0.25) is 11.8 Å². The van der Waals surface area contributed by atoms with Crippen molar-refractivity contribution in [2.75, 3.05) is 23.5 Å². The zero-order chi connectivity index (χ0) is 20.5. The number of carbonyl (C=O) groups excluding carboxylic acids is 2. The lowest BCUT2D eigenvalue weighted by Crippen LogP contribution is -2.14. The van der Waals surface area contributed by atoms with E-state index in [0.29, 0.717) is 17.1 Å². The molecule has 2 aromatic carbocycles. The molecule has 0 radical (unpaired) electrons. The molecule has 0 bridgehead atoms. The highest BCUT2D eigenvalue weighted by Gasteiger charge is 2.11. The first-order valence-electron chi connectivity index (χ1n) is 8.24. The Morgan fingerprint density at radius 3 is 2.43 bits per heavy atom. The Bertz CT molecular complexity index is 833. The average molecular weight is 410 g/mol. The summed E-state index contributed by atoms with van der Waals surface area (Å²) in [5, 5.41) is 5.40.